The zero-order valence-electron chi connectivity index (χ0n) is 18.0. The molecule has 0 fully saturated rings. The number of phenols is 1. The summed E-state index contributed by atoms with van der Waals surface area (Å²) in [4.78, 5) is 25.0. The molecule has 2 aliphatic rings. The summed E-state index contributed by atoms with van der Waals surface area (Å²) in [7, 11) is 0. The van der Waals surface area contributed by atoms with E-state index in [0.29, 0.717) is 16.9 Å². The lowest BCUT2D eigenvalue weighted by Crippen LogP contribution is -2.36. The smallest absolute Gasteiger partial charge is 0.304 e. The predicted molar refractivity (Wildman–Crippen MR) is 116 cm³/mol. The monoisotopic (exact) mass is 422 g/mol. The van der Waals surface area contributed by atoms with Crippen LogP contribution in [-0.4, -0.2) is 33.7 Å². The van der Waals surface area contributed by atoms with E-state index >= 15 is 0 Å². The minimum Gasteiger partial charge on any atom is -0.506 e. The fourth-order valence-electron chi connectivity index (χ4n) is 4.22. The van der Waals surface area contributed by atoms with Crippen molar-refractivity contribution in [2.24, 2.45) is 5.92 Å². The number of hydrogen-bond acceptors (Lipinski definition) is 5. The van der Waals surface area contributed by atoms with E-state index < -0.39 is 29.5 Å². The molecule has 2 aromatic carbocycles. The lowest BCUT2D eigenvalue weighted by Gasteiger charge is -2.37. The maximum Gasteiger partial charge on any atom is 0.304 e. The fourth-order valence-corrected chi connectivity index (χ4v) is 4.22. The number of carboxylic acid groups (broad SMARTS) is 1. The number of phenolic OH excluding ortho intramolecular Hbond substituents is 1. The Balaban J connectivity index is 2.08. The first-order valence-electron chi connectivity index (χ1n) is 10.4. The first-order valence-corrected chi connectivity index (χ1v) is 10.4. The van der Waals surface area contributed by atoms with Gasteiger partial charge in [-0.25, -0.2) is 0 Å². The number of carboxylic acids is 1. The molecule has 2 heterocycles. The van der Waals surface area contributed by atoms with Crippen molar-refractivity contribution in [3.8, 4) is 17.2 Å². The van der Waals surface area contributed by atoms with Gasteiger partial charge in [-0.05, 0) is 38.5 Å². The maximum absolute atomic E-state index is 13.2. The number of Topliss-reactive ketones (excluding diaryl/α,β-unsaturated/α-hetero) is 1. The molecular formula is C25H26O6. The third kappa shape index (κ3) is 3.56. The van der Waals surface area contributed by atoms with E-state index in [9.17, 15) is 19.8 Å². The van der Waals surface area contributed by atoms with Crippen molar-refractivity contribution in [1.29, 1.82) is 0 Å². The average Bonchev–Trinajstić information content (AvgIpc) is 2.70. The van der Waals surface area contributed by atoms with Crippen molar-refractivity contribution in [2.75, 3.05) is 0 Å². The molecule has 2 N–H and O–H groups in total. The first kappa shape index (κ1) is 21.0. The van der Waals surface area contributed by atoms with Gasteiger partial charge in [0.25, 0.3) is 0 Å². The third-order valence-corrected chi connectivity index (χ3v) is 6.07. The standard InChI is InChI=1S/C25H26O6/c1-13-14(2)30-24-19(17(12-18(26)27)15-8-6-5-7-9-15)23-16(10-11-25(3,4)31-23)22(29)20(24)21(13)28/h5-11,13-14,17,29H,12H2,1-4H3,(H,26,27)/t13-,14-,17+/m1/s1. The molecule has 0 spiro atoms. The van der Waals surface area contributed by atoms with Crippen LogP contribution in [-0.2, 0) is 4.79 Å². The number of aliphatic carboxylic acids is 1. The van der Waals surface area contributed by atoms with Crippen LogP contribution in [0.25, 0.3) is 6.08 Å². The molecule has 0 bridgehead atoms. The van der Waals surface area contributed by atoms with E-state index in [1.165, 1.54) is 0 Å². The van der Waals surface area contributed by atoms with Crippen LogP contribution in [0.1, 0.15) is 67.1 Å². The van der Waals surface area contributed by atoms with Crippen LogP contribution in [0.5, 0.6) is 17.2 Å². The van der Waals surface area contributed by atoms with Gasteiger partial charge < -0.3 is 19.7 Å². The third-order valence-electron chi connectivity index (χ3n) is 6.07. The maximum atomic E-state index is 13.2. The number of fused-ring (bicyclic) bond motifs is 2. The van der Waals surface area contributed by atoms with Gasteiger partial charge in [0.1, 0.15) is 34.5 Å². The SMILES string of the molecule is C[C@H]1Oc2c(c(O)c3c(c2[C@@H](CC(=O)O)c2ccccc2)OC(C)(C)C=C3)C(=O)[C@@H]1C. The molecule has 6 heteroatoms. The Kier molecular flexibility index (Phi) is 5.04. The Morgan fingerprint density at radius 1 is 1.16 bits per heavy atom. The molecule has 2 aromatic rings. The molecule has 0 aliphatic carbocycles. The van der Waals surface area contributed by atoms with E-state index in [4.69, 9.17) is 9.47 Å². The van der Waals surface area contributed by atoms with Crippen molar-refractivity contribution < 1.29 is 29.3 Å². The summed E-state index contributed by atoms with van der Waals surface area (Å²) < 4.78 is 12.4. The van der Waals surface area contributed by atoms with Gasteiger partial charge in [-0.2, -0.15) is 0 Å². The minimum atomic E-state index is -0.987. The number of rotatable bonds is 4. The average molecular weight is 422 g/mol. The van der Waals surface area contributed by atoms with Gasteiger partial charge in [0.2, 0.25) is 0 Å². The van der Waals surface area contributed by atoms with E-state index in [1.54, 1.807) is 26.0 Å². The second-order valence-electron chi connectivity index (χ2n) is 8.79. The lowest BCUT2D eigenvalue weighted by atomic mass is 9.80. The summed E-state index contributed by atoms with van der Waals surface area (Å²) in [5, 5.41) is 20.7. The van der Waals surface area contributed by atoms with Gasteiger partial charge in [-0.1, -0.05) is 37.3 Å². The van der Waals surface area contributed by atoms with Crippen molar-refractivity contribution in [2.45, 2.75) is 51.7 Å². The summed E-state index contributed by atoms with van der Waals surface area (Å²) >= 11 is 0. The topological polar surface area (TPSA) is 93.1 Å². The van der Waals surface area contributed by atoms with Crippen molar-refractivity contribution in [3.05, 3.63) is 58.7 Å². The quantitative estimate of drug-likeness (QED) is 0.736. The van der Waals surface area contributed by atoms with E-state index in [-0.39, 0.29) is 29.3 Å². The van der Waals surface area contributed by atoms with Crippen molar-refractivity contribution in [3.63, 3.8) is 0 Å². The number of ketones is 1. The molecule has 3 atom stereocenters. The predicted octanol–water partition coefficient (Wildman–Crippen LogP) is 4.78. The first-order chi connectivity index (χ1) is 14.6. The molecule has 162 valence electrons. The van der Waals surface area contributed by atoms with Crippen LogP contribution in [0.4, 0.5) is 0 Å². The van der Waals surface area contributed by atoms with Gasteiger partial charge in [0.05, 0.1) is 17.9 Å². The second-order valence-corrected chi connectivity index (χ2v) is 8.79. The molecule has 0 unspecified atom stereocenters. The van der Waals surface area contributed by atoms with Crippen LogP contribution in [0.2, 0.25) is 0 Å². The fraction of sp³-hybridized carbons (Fsp3) is 0.360. The highest BCUT2D eigenvalue weighted by atomic mass is 16.5. The summed E-state index contributed by atoms with van der Waals surface area (Å²) in [5.74, 6) is -1.90. The van der Waals surface area contributed by atoms with Gasteiger partial charge in [0.15, 0.2) is 5.78 Å². The Morgan fingerprint density at radius 2 is 1.84 bits per heavy atom. The Bertz CT molecular complexity index is 1080. The lowest BCUT2D eigenvalue weighted by molar-refractivity contribution is -0.137. The zero-order chi connectivity index (χ0) is 22.5. The number of hydrogen-bond donors (Lipinski definition) is 2. The van der Waals surface area contributed by atoms with Crippen molar-refractivity contribution in [1.82, 2.24) is 0 Å². The molecule has 4 rings (SSSR count). The van der Waals surface area contributed by atoms with E-state index in [2.05, 4.69) is 0 Å². The molecule has 0 saturated carbocycles. The highest BCUT2D eigenvalue weighted by molar-refractivity contribution is 6.06. The van der Waals surface area contributed by atoms with Crippen LogP contribution in [0.3, 0.4) is 0 Å². The van der Waals surface area contributed by atoms with Crippen LogP contribution in [0, 0.1) is 5.92 Å². The molecule has 6 nitrogen and oxygen atoms in total. The highest BCUT2D eigenvalue weighted by Crippen LogP contribution is 2.54. The molecule has 0 aromatic heterocycles. The zero-order valence-corrected chi connectivity index (χ0v) is 18.0. The minimum absolute atomic E-state index is 0.0960. The highest BCUT2D eigenvalue weighted by Gasteiger charge is 2.42. The van der Waals surface area contributed by atoms with Crippen LogP contribution in [0.15, 0.2) is 36.4 Å². The number of carbonyl (C=O) groups excluding carboxylic acids is 1. The summed E-state index contributed by atoms with van der Waals surface area (Å²) in [5.41, 5.74) is 1.04. The largest absolute Gasteiger partial charge is 0.506 e. The van der Waals surface area contributed by atoms with E-state index in [0.717, 1.165) is 5.56 Å². The number of aromatic hydroxyl groups is 1. The van der Waals surface area contributed by atoms with Gasteiger partial charge in [-0.15, -0.1) is 0 Å². The van der Waals surface area contributed by atoms with Gasteiger partial charge >= 0.3 is 5.97 Å². The van der Waals surface area contributed by atoms with Crippen LogP contribution < -0.4 is 9.47 Å². The second kappa shape index (κ2) is 7.45. The Labute approximate surface area is 181 Å². The molecule has 2 aliphatic heterocycles. The molecule has 31 heavy (non-hydrogen) atoms. The van der Waals surface area contributed by atoms with Gasteiger partial charge in [-0.3, -0.25) is 9.59 Å². The van der Waals surface area contributed by atoms with E-state index in [1.807, 2.05) is 44.2 Å². The molecule has 0 saturated heterocycles. The molecule has 0 radical (unpaired) electrons. The molecular weight excluding hydrogens is 396 g/mol. The summed E-state index contributed by atoms with van der Waals surface area (Å²) in [6, 6.07) is 9.23. The van der Waals surface area contributed by atoms with Gasteiger partial charge in [0, 0.05) is 11.5 Å². The molecule has 0 amide bonds. The number of carbonyl (C=O) groups is 2. The normalized spacial score (nSPS) is 22.0. The summed E-state index contributed by atoms with van der Waals surface area (Å²) in [6.07, 6.45) is 2.89. The Hall–Kier alpha value is -3.28. The number of ether oxygens (including phenoxy) is 2. The Morgan fingerprint density at radius 3 is 2.48 bits per heavy atom. The summed E-state index contributed by atoms with van der Waals surface area (Å²) in [6.45, 7) is 7.30. The number of benzene rings is 2. The van der Waals surface area contributed by atoms with Crippen molar-refractivity contribution >= 4 is 17.8 Å². The van der Waals surface area contributed by atoms with Crippen LogP contribution >= 0.6 is 0 Å².